The number of aliphatic carboxylic acids is 1. The topological polar surface area (TPSA) is 75.4 Å². The first-order chi connectivity index (χ1) is 11.1. The first-order valence-corrected chi connectivity index (χ1v) is 7.72. The third-order valence-electron chi connectivity index (χ3n) is 4.20. The SMILES string of the molecule is O=C(O)C1CCCN(C(=O)c2ccccc2Cn2cccn2)C1. The van der Waals surface area contributed by atoms with Gasteiger partial charge in [-0.25, -0.2) is 0 Å². The van der Waals surface area contributed by atoms with Gasteiger partial charge in [0.25, 0.3) is 5.91 Å². The molecule has 1 fully saturated rings. The highest BCUT2D eigenvalue weighted by Gasteiger charge is 2.29. The summed E-state index contributed by atoms with van der Waals surface area (Å²) < 4.78 is 1.77. The van der Waals surface area contributed by atoms with Crippen molar-refractivity contribution in [1.82, 2.24) is 14.7 Å². The third kappa shape index (κ3) is 3.41. The van der Waals surface area contributed by atoms with Crippen LogP contribution in [0, 0.1) is 5.92 Å². The molecular weight excluding hydrogens is 294 g/mol. The van der Waals surface area contributed by atoms with E-state index in [9.17, 15) is 14.7 Å². The molecule has 1 amide bonds. The minimum Gasteiger partial charge on any atom is -0.481 e. The fourth-order valence-corrected chi connectivity index (χ4v) is 2.97. The van der Waals surface area contributed by atoms with Crippen molar-refractivity contribution in [3.05, 3.63) is 53.9 Å². The van der Waals surface area contributed by atoms with Crippen LogP contribution < -0.4 is 0 Å². The second-order valence-electron chi connectivity index (χ2n) is 5.79. The van der Waals surface area contributed by atoms with Crippen molar-refractivity contribution in [2.75, 3.05) is 13.1 Å². The Morgan fingerprint density at radius 2 is 2.09 bits per heavy atom. The number of likely N-dealkylation sites (tertiary alicyclic amines) is 1. The highest BCUT2D eigenvalue weighted by Crippen LogP contribution is 2.20. The van der Waals surface area contributed by atoms with Crippen LogP contribution >= 0.6 is 0 Å². The van der Waals surface area contributed by atoms with Crippen molar-refractivity contribution in [3.63, 3.8) is 0 Å². The van der Waals surface area contributed by atoms with Gasteiger partial charge in [0.15, 0.2) is 0 Å². The van der Waals surface area contributed by atoms with Gasteiger partial charge in [0, 0.05) is 31.0 Å². The van der Waals surface area contributed by atoms with Gasteiger partial charge in [0.2, 0.25) is 0 Å². The van der Waals surface area contributed by atoms with E-state index in [1.54, 1.807) is 21.8 Å². The Balaban J connectivity index is 1.80. The molecule has 0 aliphatic carbocycles. The first-order valence-electron chi connectivity index (χ1n) is 7.72. The van der Waals surface area contributed by atoms with Crippen LogP contribution in [-0.4, -0.2) is 44.8 Å². The van der Waals surface area contributed by atoms with E-state index in [-0.39, 0.29) is 12.5 Å². The molecule has 2 aromatic rings. The molecule has 1 aromatic carbocycles. The highest BCUT2D eigenvalue weighted by atomic mass is 16.4. The molecule has 6 heteroatoms. The number of aromatic nitrogens is 2. The average Bonchev–Trinajstić information content (AvgIpc) is 3.08. The largest absolute Gasteiger partial charge is 0.481 e. The number of hydrogen-bond acceptors (Lipinski definition) is 3. The van der Waals surface area contributed by atoms with E-state index in [1.807, 2.05) is 30.5 Å². The van der Waals surface area contributed by atoms with Crippen molar-refractivity contribution >= 4 is 11.9 Å². The van der Waals surface area contributed by atoms with Gasteiger partial charge in [-0.05, 0) is 30.5 Å². The molecule has 1 N–H and O–H groups in total. The van der Waals surface area contributed by atoms with Gasteiger partial charge >= 0.3 is 5.97 Å². The zero-order valence-electron chi connectivity index (χ0n) is 12.8. The van der Waals surface area contributed by atoms with Crippen LogP contribution in [0.25, 0.3) is 0 Å². The molecule has 0 spiro atoms. The number of piperidine rings is 1. The smallest absolute Gasteiger partial charge is 0.308 e. The molecule has 1 saturated heterocycles. The summed E-state index contributed by atoms with van der Waals surface area (Å²) >= 11 is 0. The molecule has 1 atom stereocenters. The van der Waals surface area contributed by atoms with E-state index in [0.717, 1.165) is 12.0 Å². The van der Waals surface area contributed by atoms with E-state index in [2.05, 4.69) is 5.10 Å². The molecule has 0 radical (unpaired) electrons. The fourth-order valence-electron chi connectivity index (χ4n) is 2.97. The third-order valence-corrected chi connectivity index (χ3v) is 4.20. The maximum Gasteiger partial charge on any atom is 0.308 e. The maximum absolute atomic E-state index is 12.8. The van der Waals surface area contributed by atoms with Crippen LogP contribution in [0.5, 0.6) is 0 Å². The Bertz CT molecular complexity index is 697. The molecule has 2 heterocycles. The molecule has 120 valence electrons. The number of carboxylic acids is 1. The van der Waals surface area contributed by atoms with Gasteiger partial charge in [-0.15, -0.1) is 0 Å². The van der Waals surface area contributed by atoms with Gasteiger partial charge < -0.3 is 10.0 Å². The van der Waals surface area contributed by atoms with E-state index < -0.39 is 11.9 Å². The summed E-state index contributed by atoms with van der Waals surface area (Å²) in [4.78, 5) is 25.7. The molecule has 0 saturated carbocycles. The van der Waals surface area contributed by atoms with Crippen LogP contribution in [0.4, 0.5) is 0 Å². The monoisotopic (exact) mass is 313 g/mol. The molecule has 0 bridgehead atoms. The summed E-state index contributed by atoms with van der Waals surface area (Å²) in [5.41, 5.74) is 1.51. The molecule has 1 aromatic heterocycles. The zero-order valence-corrected chi connectivity index (χ0v) is 12.8. The van der Waals surface area contributed by atoms with Crippen LogP contribution in [-0.2, 0) is 11.3 Å². The number of carbonyl (C=O) groups is 2. The van der Waals surface area contributed by atoms with E-state index >= 15 is 0 Å². The van der Waals surface area contributed by atoms with Gasteiger partial charge in [-0.1, -0.05) is 18.2 Å². The second kappa shape index (κ2) is 6.64. The van der Waals surface area contributed by atoms with E-state index in [1.165, 1.54) is 0 Å². The molecule has 1 aliphatic rings. The lowest BCUT2D eigenvalue weighted by molar-refractivity contribution is -0.143. The first kappa shape index (κ1) is 15.3. The lowest BCUT2D eigenvalue weighted by Gasteiger charge is -2.31. The lowest BCUT2D eigenvalue weighted by Crippen LogP contribution is -2.42. The zero-order chi connectivity index (χ0) is 16.2. The van der Waals surface area contributed by atoms with Crippen LogP contribution in [0.2, 0.25) is 0 Å². The van der Waals surface area contributed by atoms with Gasteiger partial charge in [-0.2, -0.15) is 5.10 Å². The van der Waals surface area contributed by atoms with Gasteiger partial charge in [-0.3, -0.25) is 14.3 Å². The molecule has 1 unspecified atom stereocenters. The number of nitrogens with zero attached hydrogens (tertiary/aromatic N) is 3. The number of benzene rings is 1. The Hall–Kier alpha value is -2.63. The van der Waals surface area contributed by atoms with Crippen molar-refractivity contribution in [1.29, 1.82) is 0 Å². The second-order valence-corrected chi connectivity index (χ2v) is 5.79. The standard InChI is InChI=1S/C17H19N3O3/c21-16(19-9-3-6-14(11-19)17(22)23)15-7-2-1-5-13(15)12-20-10-4-8-18-20/h1-2,4-5,7-8,10,14H,3,6,9,11-12H2,(H,22,23). The summed E-state index contributed by atoms with van der Waals surface area (Å²) in [6.07, 6.45) is 4.91. The Morgan fingerprint density at radius 1 is 1.26 bits per heavy atom. The summed E-state index contributed by atoms with van der Waals surface area (Å²) in [6.45, 7) is 1.41. The van der Waals surface area contributed by atoms with E-state index in [0.29, 0.717) is 25.1 Å². The molecule has 23 heavy (non-hydrogen) atoms. The average molecular weight is 313 g/mol. The number of carboxylic acid groups (broad SMARTS) is 1. The quantitative estimate of drug-likeness (QED) is 0.935. The van der Waals surface area contributed by atoms with Crippen molar-refractivity contribution in [2.45, 2.75) is 19.4 Å². The van der Waals surface area contributed by atoms with Crippen LogP contribution in [0.15, 0.2) is 42.7 Å². The lowest BCUT2D eigenvalue weighted by atomic mass is 9.97. The normalized spacial score (nSPS) is 17.9. The minimum absolute atomic E-state index is 0.0984. The van der Waals surface area contributed by atoms with Gasteiger partial charge in [0.05, 0.1) is 12.5 Å². The van der Waals surface area contributed by atoms with Crippen molar-refractivity contribution < 1.29 is 14.7 Å². The number of rotatable bonds is 4. The minimum atomic E-state index is -0.827. The Labute approximate surface area is 134 Å². The molecular formula is C17H19N3O3. The van der Waals surface area contributed by atoms with E-state index in [4.69, 9.17) is 0 Å². The summed E-state index contributed by atoms with van der Waals surface area (Å²) in [5, 5.41) is 13.4. The molecule has 6 nitrogen and oxygen atoms in total. The maximum atomic E-state index is 12.8. The summed E-state index contributed by atoms with van der Waals surface area (Å²) in [7, 11) is 0. The van der Waals surface area contributed by atoms with Gasteiger partial charge in [0.1, 0.15) is 0 Å². The highest BCUT2D eigenvalue weighted by molar-refractivity contribution is 5.96. The Morgan fingerprint density at radius 3 is 2.83 bits per heavy atom. The van der Waals surface area contributed by atoms with Crippen LogP contribution in [0.1, 0.15) is 28.8 Å². The van der Waals surface area contributed by atoms with Crippen LogP contribution in [0.3, 0.4) is 0 Å². The predicted molar refractivity (Wildman–Crippen MR) is 84.0 cm³/mol. The summed E-state index contributed by atoms with van der Waals surface area (Å²) in [5.74, 6) is -1.39. The number of hydrogen-bond donors (Lipinski definition) is 1. The number of carbonyl (C=O) groups excluding carboxylic acids is 1. The molecule has 3 rings (SSSR count). The van der Waals surface area contributed by atoms with Crippen molar-refractivity contribution in [2.24, 2.45) is 5.92 Å². The Kier molecular flexibility index (Phi) is 4.41. The predicted octanol–water partition coefficient (Wildman–Crippen LogP) is 1.87. The van der Waals surface area contributed by atoms with Crippen molar-refractivity contribution in [3.8, 4) is 0 Å². The fraction of sp³-hybridized carbons (Fsp3) is 0.353. The number of amides is 1. The molecule has 1 aliphatic heterocycles. The summed E-state index contributed by atoms with van der Waals surface area (Å²) in [6, 6.07) is 9.27.